The molecule has 0 aliphatic heterocycles. The molecular weight excluding hydrogens is 639 g/mol. The van der Waals surface area contributed by atoms with E-state index in [9.17, 15) is 0 Å². The van der Waals surface area contributed by atoms with Gasteiger partial charge in [-0.2, -0.15) is 0 Å². The maximum atomic E-state index is 2.45. The Labute approximate surface area is 314 Å². The number of aryl methyl sites for hydroxylation is 1. The van der Waals surface area contributed by atoms with E-state index >= 15 is 0 Å². The van der Waals surface area contributed by atoms with E-state index in [4.69, 9.17) is 0 Å². The molecule has 53 heavy (non-hydrogen) atoms. The van der Waals surface area contributed by atoms with Crippen LogP contribution in [0.25, 0.3) is 66.1 Å². The molecule has 0 heterocycles. The number of rotatable bonds is 6. The summed E-state index contributed by atoms with van der Waals surface area (Å²) in [5.41, 5.74) is 17.9. The van der Waals surface area contributed by atoms with Crippen LogP contribution in [0.15, 0.2) is 158 Å². The summed E-state index contributed by atoms with van der Waals surface area (Å²) in [6, 6.07) is 59.1. The molecule has 0 N–H and O–H groups in total. The molecule has 0 saturated heterocycles. The standard InChI is InChI=1S/C52H45N/c1-33(2)37-16-15-34(3)51(32-37)53(45-14-10-13-38(26-45)35-11-8-7-9-12-35)46-24-21-41-29-48-47-28-40-18-17-39(36-19-22-44(23-20-36)52(4,5)6)25-42(40)30-49(47)50(48)31-43(41)27-46/h7-33H,1-6H3. The lowest BCUT2D eigenvalue weighted by Crippen LogP contribution is -2.12. The normalized spacial score (nSPS) is 12.1. The van der Waals surface area contributed by atoms with E-state index in [0.29, 0.717) is 5.92 Å². The monoisotopic (exact) mass is 683 g/mol. The largest absolute Gasteiger partial charge is 0.310 e. The zero-order valence-corrected chi connectivity index (χ0v) is 31.5. The highest BCUT2D eigenvalue weighted by Gasteiger charge is 2.25. The van der Waals surface area contributed by atoms with Gasteiger partial charge in [-0.1, -0.05) is 132 Å². The van der Waals surface area contributed by atoms with Gasteiger partial charge in [0.15, 0.2) is 0 Å². The van der Waals surface area contributed by atoms with Gasteiger partial charge in [0.1, 0.15) is 0 Å². The molecule has 0 saturated carbocycles. The van der Waals surface area contributed by atoms with E-state index in [0.717, 1.165) is 11.4 Å². The molecule has 9 rings (SSSR count). The Morgan fingerprint density at radius 3 is 1.64 bits per heavy atom. The molecule has 0 atom stereocenters. The van der Waals surface area contributed by atoms with Gasteiger partial charge in [-0.05, 0) is 162 Å². The van der Waals surface area contributed by atoms with Crippen molar-refractivity contribution in [3.63, 3.8) is 0 Å². The number of benzene rings is 8. The minimum atomic E-state index is 0.145. The first-order valence-electron chi connectivity index (χ1n) is 18.9. The number of nitrogens with zero attached hydrogens (tertiary/aromatic N) is 1. The SMILES string of the molecule is Cc1ccc(C(C)C)cc1N(c1cccc(-c2ccccc2)c1)c1ccc2cc3c(cc2c1)-c1cc2cc(-c4ccc(C(C)(C)C)cc4)ccc2cc1-3. The van der Waals surface area contributed by atoms with Crippen molar-refractivity contribution in [2.24, 2.45) is 0 Å². The third-order valence-corrected chi connectivity index (χ3v) is 11.2. The van der Waals surface area contributed by atoms with E-state index in [-0.39, 0.29) is 5.41 Å². The number of hydrogen-bond donors (Lipinski definition) is 0. The predicted octanol–water partition coefficient (Wildman–Crippen LogP) is 15.2. The van der Waals surface area contributed by atoms with Crippen molar-refractivity contribution in [3.05, 3.63) is 174 Å². The molecule has 1 nitrogen and oxygen atoms in total. The van der Waals surface area contributed by atoms with Gasteiger partial charge in [-0.25, -0.2) is 0 Å². The lowest BCUT2D eigenvalue weighted by molar-refractivity contribution is 0.590. The van der Waals surface area contributed by atoms with Crippen LogP contribution in [-0.4, -0.2) is 0 Å². The van der Waals surface area contributed by atoms with E-state index in [1.165, 1.54) is 88.4 Å². The average molecular weight is 684 g/mol. The Kier molecular flexibility index (Phi) is 7.86. The van der Waals surface area contributed by atoms with Crippen molar-refractivity contribution in [3.8, 4) is 44.5 Å². The molecule has 0 amide bonds. The topological polar surface area (TPSA) is 3.24 Å². The van der Waals surface area contributed by atoms with Gasteiger partial charge in [0.25, 0.3) is 0 Å². The molecule has 0 spiro atoms. The Hall–Kier alpha value is -5.92. The van der Waals surface area contributed by atoms with Gasteiger partial charge in [-0.15, -0.1) is 0 Å². The summed E-state index contributed by atoms with van der Waals surface area (Å²) in [4.78, 5) is 2.45. The molecule has 1 aliphatic rings. The first-order valence-corrected chi connectivity index (χ1v) is 18.9. The summed E-state index contributed by atoms with van der Waals surface area (Å²) >= 11 is 0. The van der Waals surface area contributed by atoms with Gasteiger partial charge in [0.2, 0.25) is 0 Å². The van der Waals surface area contributed by atoms with Crippen molar-refractivity contribution >= 4 is 38.6 Å². The smallest absolute Gasteiger partial charge is 0.0493 e. The quantitative estimate of drug-likeness (QED) is 0.169. The average Bonchev–Trinajstić information content (AvgIpc) is 3.17. The highest BCUT2D eigenvalue weighted by atomic mass is 15.1. The van der Waals surface area contributed by atoms with Crippen molar-refractivity contribution < 1.29 is 0 Å². The fourth-order valence-electron chi connectivity index (χ4n) is 8.00. The lowest BCUT2D eigenvalue weighted by atomic mass is 9.77. The molecule has 0 bridgehead atoms. The molecule has 8 aromatic carbocycles. The molecule has 0 fully saturated rings. The summed E-state index contributed by atoms with van der Waals surface area (Å²) in [6.45, 7) is 13.6. The van der Waals surface area contributed by atoms with Gasteiger partial charge in [-0.3, -0.25) is 0 Å². The molecule has 0 radical (unpaired) electrons. The van der Waals surface area contributed by atoms with Gasteiger partial charge < -0.3 is 4.90 Å². The van der Waals surface area contributed by atoms with Crippen LogP contribution in [0, 0.1) is 6.92 Å². The summed E-state index contributed by atoms with van der Waals surface area (Å²) in [5.74, 6) is 0.434. The van der Waals surface area contributed by atoms with Crippen LogP contribution in [-0.2, 0) is 5.41 Å². The Balaban J connectivity index is 1.13. The molecule has 0 aromatic heterocycles. The minimum absolute atomic E-state index is 0.145. The maximum Gasteiger partial charge on any atom is 0.0493 e. The summed E-state index contributed by atoms with van der Waals surface area (Å²) in [6.07, 6.45) is 0. The zero-order chi connectivity index (χ0) is 36.4. The van der Waals surface area contributed by atoms with Crippen molar-refractivity contribution in [1.82, 2.24) is 0 Å². The summed E-state index contributed by atoms with van der Waals surface area (Å²) < 4.78 is 0. The van der Waals surface area contributed by atoms with Crippen LogP contribution in [0.2, 0.25) is 0 Å². The molecule has 8 aromatic rings. The maximum absolute atomic E-state index is 2.45. The molecular formula is C52H45N. The highest BCUT2D eigenvalue weighted by molar-refractivity contribution is 6.12. The van der Waals surface area contributed by atoms with Crippen molar-refractivity contribution in [2.75, 3.05) is 4.90 Å². The van der Waals surface area contributed by atoms with Crippen LogP contribution in [0.3, 0.4) is 0 Å². The van der Waals surface area contributed by atoms with Crippen LogP contribution in [0.5, 0.6) is 0 Å². The Morgan fingerprint density at radius 2 is 0.981 bits per heavy atom. The Bertz CT molecular complexity index is 2670. The molecule has 258 valence electrons. The number of hydrogen-bond acceptors (Lipinski definition) is 1. The molecule has 0 unspecified atom stereocenters. The molecule has 1 aliphatic carbocycles. The van der Waals surface area contributed by atoms with Gasteiger partial charge in [0.05, 0.1) is 0 Å². The van der Waals surface area contributed by atoms with Gasteiger partial charge >= 0.3 is 0 Å². The van der Waals surface area contributed by atoms with Crippen LogP contribution in [0.4, 0.5) is 17.1 Å². The van der Waals surface area contributed by atoms with Crippen LogP contribution in [0.1, 0.15) is 57.2 Å². The number of fused-ring (bicyclic) bond motifs is 6. The van der Waals surface area contributed by atoms with Crippen LogP contribution >= 0.6 is 0 Å². The van der Waals surface area contributed by atoms with Gasteiger partial charge in [0, 0.05) is 17.1 Å². The second-order valence-electron chi connectivity index (χ2n) is 16.2. The third kappa shape index (κ3) is 5.91. The van der Waals surface area contributed by atoms with Crippen LogP contribution < -0.4 is 4.90 Å². The summed E-state index contributed by atoms with van der Waals surface area (Å²) in [5, 5.41) is 5.08. The van der Waals surface area contributed by atoms with E-state index < -0.39 is 0 Å². The second kappa shape index (κ2) is 12.6. The lowest BCUT2D eigenvalue weighted by Gasteiger charge is -2.29. The zero-order valence-electron chi connectivity index (χ0n) is 31.5. The number of anilines is 3. The van der Waals surface area contributed by atoms with Crippen molar-refractivity contribution in [1.29, 1.82) is 0 Å². The first-order chi connectivity index (χ1) is 25.6. The fraction of sp³-hybridized carbons (Fsp3) is 0.154. The minimum Gasteiger partial charge on any atom is -0.310 e. The second-order valence-corrected chi connectivity index (χ2v) is 16.2. The highest BCUT2D eigenvalue weighted by Crippen LogP contribution is 2.51. The van der Waals surface area contributed by atoms with Crippen molar-refractivity contribution in [2.45, 2.75) is 52.9 Å². The van der Waals surface area contributed by atoms with E-state index in [1.54, 1.807) is 0 Å². The summed E-state index contributed by atoms with van der Waals surface area (Å²) in [7, 11) is 0. The Morgan fingerprint density at radius 1 is 0.434 bits per heavy atom. The first kappa shape index (κ1) is 33.0. The fourth-order valence-corrected chi connectivity index (χ4v) is 8.00. The third-order valence-electron chi connectivity index (χ3n) is 11.2. The molecule has 1 heteroatoms. The van der Waals surface area contributed by atoms with E-state index in [1.807, 2.05) is 0 Å². The van der Waals surface area contributed by atoms with E-state index in [2.05, 4.69) is 204 Å². The predicted molar refractivity (Wildman–Crippen MR) is 229 cm³/mol.